The van der Waals surface area contributed by atoms with Crippen LogP contribution >= 0.6 is 0 Å². The van der Waals surface area contributed by atoms with Crippen LogP contribution < -0.4 is 0 Å². The largest absolute Gasteiger partial charge is 0.342 e. The Hall–Kier alpha value is -1.35. The molecule has 1 aliphatic rings. The van der Waals surface area contributed by atoms with E-state index < -0.39 is 0 Å². The Balaban J connectivity index is 1.99. The predicted molar refractivity (Wildman–Crippen MR) is 82.5 cm³/mol. The zero-order valence-electron chi connectivity index (χ0n) is 13.1. The predicted octanol–water partition coefficient (Wildman–Crippen LogP) is 2.83. The summed E-state index contributed by atoms with van der Waals surface area (Å²) in [4.78, 5) is 16.4. The molecule has 0 saturated heterocycles. The number of aryl methyl sites for hydroxylation is 1. The first-order chi connectivity index (χ1) is 9.47. The summed E-state index contributed by atoms with van der Waals surface area (Å²) in [6.07, 6.45) is 2.45. The standard InChI is InChI=1S/C17H26N2O/c1-13(2)18(4)17(20)12-19(16-8-9-16)11-15-7-5-6-14(3)10-15/h5-7,10,13,16H,8-9,11-12H2,1-4H3. The van der Waals surface area contributed by atoms with E-state index in [1.807, 2.05) is 11.9 Å². The summed E-state index contributed by atoms with van der Waals surface area (Å²) in [5, 5.41) is 0. The van der Waals surface area contributed by atoms with Crippen molar-refractivity contribution < 1.29 is 4.79 Å². The molecule has 20 heavy (non-hydrogen) atoms. The number of likely N-dealkylation sites (N-methyl/N-ethyl adjacent to an activating group) is 1. The van der Waals surface area contributed by atoms with Crippen molar-refractivity contribution in [2.75, 3.05) is 13.6 Å². The molecular weight excluding hydrogens is 248 g/mol. The minimum atomic E-state index is 0.222. The number of hydrogen-bond acceptors (Lipinski definition) is 2. The molecule has 110 valence electrons. The van der Waals surface area contributed by atoms with Gasteiger partial charge in [0.25, 0.3) is 0 Å². The van der Waals surface area contributed by atoms with Crippen molar-refractivity contribution >= 4 is 5.91 Å². The molecule has 1 fully saturated rings. The van der Waals surface area contributed by atoms with Gasteiger partial charge in [-0.05, 0) is 39.2 Å². The molecular formula is C17H26N2O. The second-order valence-corrected chi connectivity index (χ2v) is 6.22. The molecule has 1 saturated carbocycles. The summed E-state index contributed by atoms with van der Waals surface area (Å²) in [5.74, 6) is 0.222. The van der Waals surface area contributed by atoms with Crippen molar-refractivity contribution in [2.45, 2.75) is 52.2 Å². The zero-order chi connectivity index (χ0) is 14.7. The molecule has 1 aromatic carbocycles. The highest BCUT2D eigenvalue weighted by molar-refractivity contribution is 5.78. The normalized spacial score (nSPS) is 14.9. The number of hydrogen-bond donors (Lipinski definition) is 0. The van der Waals surface area contributed by atoms with E-state index in [-0.39, 0.29) is 11.9 Å². The third kappa shape index (κ3) is 4.07. The topological polar surface area (TPSA) is 23.6 Å². The fraction of sp³-hybridized carbons (Fsp3) is 0.588. The van der Waals surface area contributed by atoms with Gasteiger partial charge in [-0.25, -0.2) is 0 Å². The summed E-state index contributed by atoms with van der Waals surface area (Å²) in [6.45, 7) is 7.64. The minimum absolute atomic E-state index is 0.222. The Morgan fingerprint density at radius 2 is 2.05 bits per heavy atom. The molecule has 1 aliphatic carbocycles. The van der Waals surface area contributed by atoms with Gasteiger partial charge < -0.3 is 4.90 Å². The van der Waals surface area contributed by atoms with E-state index in [9.17, 15) is 4.79 Å². The Morgan fingerprint density at radius 3 is 2.60 bits per heavy atom. The lowest BCUT2D eigenvalue weighted by molar-refractivity contribution is -0.132. The van der Waals surface area contributed by atoms with Gasteiger partial charge in [-0.1, -0.05) is 29.8 Å². The van der Waals surface area contributed by atoms with E-state index in [0.717, 1.165) is 6.54 Å². The molecule has 1 amide bonds. The van der Waals surface area contributed by atoms with Gasteiger partial charge in [0, 0.05) is 25.7 Å². The molecule has 0 heterocycles. The van der Waals surface area contributed by atoms with Gasteiger partial charge in [0.15, 0.2) is 0 Å². The van der Waals surface area contributed by atoms with Gasteiger partial charge in [-0.2, -0.15) is 0 Å². The molecule has 0 atom stereocenters. The average molecular weight is 274 g/mol. The molecule has 0 bridgehead atoms. The molecule has 2 rings (SSSR count). The Labute approximate surface area is 122 Å². The van der Waals surface area contributed by atoms with E-state index >= 15 is 0 Å². The summed E-state index contributed by atoms with van der Waals surface area (Å²) >= 11 is 0. The highest BCUT2D eigenvalue weighted by atomic mass is 16.2. The third-order valence-electron chi connectivity index (χ3n) is 4.04. The van der Waals surface area contributed by atoms with Crippen LogP contribution in [-0.4, -0.2) is 41.4 Å². The van der Waals surface area contributed by atoms with E-state index in [1.165, 1.54) is 24.0 Å². The van der Waals surface area contributed by atoms with Crippen LogP contribution in [0.5, 0.6) is 0 Å². The fourth-order valence-corrected chi connectivity index (χ4v) is 2.37. The van der Waals surface area contributed by atoms with Gasteiger partial charge in [-0.3, -0.25) is 9.69 Å². The zero-order valence-corrected chi connectivity index (χ0v) is 13.1. The van der Waals surface area contributed by atoms with Crippen LogP contribution in [0.2, 0.25) is 0 Å². The first-order valence-electron chi connectivity index (χ1n) is 7.52. The summed E-state index contributed by atoms with van der Waals surface area (Å²) in [6, 6.07) is 9.44. The number of rotatable bonds is 6. The number of carbonyl (C=O) groups is 1. The van der Waals surface area contributed by atoms with Crippen LogP contribution in [0.4, 0.5) is 0 Å². The molecule has 1 aromatic rings. The van der Waals surface area contributed by atoms with Crippen LogP contribution in [0, 0.1) is 6.92 Å². The molecule has 0 aromatic heterocycles. The smallest absolute Gasteiger partial charge is 0.236 e. The quantitative estimate of drug-likeness (QED) is 0.796. The lowest BCUT2D eigenvalue weighted by Gasteiger charge is -2.27. The lowest BCUT2D eigenvalue weighted by atomic mass is 10.1. The van der Waals surface area contributed by atoms with Gasteiger partial charge in [-0.15, -0.1) is 0 Å². The van der Waals surface area contributed by atoms with Crippen molar-refractivity contribution in [2.24, 2.45) is 0 Å². The molecule has 0 radical (unpaired) electrons. The van der Waals surface area contributed by atoms with Crippen molar-refractivity contribution in [3.05, 3.63) is 35.4 Å². The maximum Gasteiger partial charge on any atom is 0.236 e. The van der Waals surface area contributed by atoms with E-state index in [1.54, 1.807) is 0 Å². The molecule has 0 unspecified atom stereocenters. The Bertz CT molecular complexity index is 466. The first-order valence-corrected chi connectivity index (χ1v) is 7.52. The van der Waals surface area contributed by atoms with Crippen molar-refractivity contribution in [1.29, 1.82) is 0 Å². The Kier molecular flexibility index (Phi) is 4.81. The SMILES string of the molecule is Cc1cccc(CN(CC(=O)N(C)C(C)C)C2CC2)c1. The van der Waals surface area contributed by atoms with Gasteiger partial charge in [0.2, 0.25) is 5.91 Å². The first kappa shape index (κ1) is 15.0. The number of amides is 1. The lowest BCUT2D eigenvalue weighted by Crippen LogP contribution is -2.42. The fourth-order valence-electron chi connectivity index (χ4n) is 2.37. The van der Waals surface area contributed by atoms with Gasteiger partial charge >= 0.3 is 0 Å². The van der Waals surface area contributed by atoms with Crippen LogP contribution in [0.25, 0.3) is 0 Å². The van der Waals surface area contributed by atoms with Crippen molar-refractivity contribution in [3.8, 4) is 0 Å². The van der Waals surface area contributed by atoms with Crippen LogP contribution in [0.15, 0.2) is 24.3 Å². The van der Waals surface area contributed by atoms with Crippen LogP contribution in [0.3, 0.4) is 0 Å². The number of nitrogens with zero attached hydrogens (tertiary/aromatic N) is 2. The molecule has 3 nitrogen and oxygen atoms in total. The third-order valence-corrected chi connectivity index (χ3v) is 4.04. The molecule has 0 N–H and O–H groups in total. The van der Waals surface area contributed by atoms with Crippen LogP contribution in [0.1, 0.15) is 37.8 Å². The van der Waals surface area contributed by atoms with Gasteiger partial charge in [0.1, 0.15) is 0 Å². The summed E-state index contributed by atoms with van der Waals surface area (Å²) in [7, 11) is 1.89. The summed E-state index contributed by atoms with van der Waals surface area (Å²) in [5.41, 5.74) is 2.58. The van der Waals surface area contributed by atoms with E-state index in [0.29, 0.717) is 12.6 Å². The van der Waals surface area contributed by atoms with Crippen LogP contribution in [-0.2, 0) is 11.3 Å². The Morgan fingerprint density at radius 1 is 1.35 bits per heavy atom. The highest BCUT2D eigenvalue weighted by Crippen LogP contribution is 2.28. The van der Waals surface area contributed by atoms with Gasteiger partial charge in [0.05, 0.1) is 6.54 Å². The second kappa shape index (κ2) is 6.40. The molecule has 3 heteroatoms. The maximum atomic E-state index is 12.3. The maximum absolute atomic E-state index is 12.3. The average Bonchev–Trinajstić information content (AvgIpc) is 3.21. The van der Waals surface area contributed by atoms with E-state index in [2.05, 4.69) is 49.9 Å². The minimum Gasteiger partial charge on any atom is -0.342 e. The second-order valence-electron chi connectivity index (χ2n) is 6.22. The van der Waals surface area contributed by atoms with E-state index in [4.69, 9.17) is 0 Å². The highest BCUT2D eigenvalue weighted by Gasteiger charge is 2.31. The monoisotopic (exact) mass is 274 g/mol. The number of carbonyl (C=O) groups excluding carboxylic acids is 1. The van der Waals surface area contributed by atoms with Crippen molar-refractivity contribution in [3.63, 3.8) is 0 Å². The molecule has 0 aliphatic heterocycles. The van der Waals surface area contributed by atoms with Crippen molar-refractivity contribution in [1.82, 2.24) is 9.80 Å². The number of benzene rings is 1. The summed E-state index contributed by atoms with van der Waals surface area (Å²) < 4.78 is 0. The molecule has 0 spiro atoms.